The first-order chi connectivity index (χ1) is 9.88. The van der Waals surface area contributed by atoms with Crippen LogP contribution in [0.2, 0.25) is 5.02 Å². The molecule has 2 aromatic rings. The summed E-state index contributed by atoms with van der Waals surface area (Å²) in [5, 5.41) is 3.94. The van der Waals surface area contributed by atoms with Crippen molar-refractivity contribution in [2.24, 2.45) is 0 Å². The van der Waals surface area contributed by atoms with E-state index in [1.165, 1.54) is 30.2 Å². The molecule has 0 spiro atoms. The van der Waals surface area contributed by atoms with Gasteiger partial charge in [0, 0.05) is 28.9 Å². The Labute approximate surface area is 133 Å². The Bertz CT molecular complexity index is 820. The Morgan fingerprint density at radius 1 is 1.05 bits per heavy atom. The smallest absolute Gasteiger partial charge is 0.242 e. The van der Waals surface area contributed by atoms with E-state index >= 15 is 0 Å². The van der Waals surface area contributed by atoms with E-state index in [0.29, 0.717) is 5.02 Å². The average molecular weight is 341 g/mol. The fourth-order valence-corrected chi connectivity index (χ4v) is 4.32. The number of hydrogen-bond acceptors (Lipinski definition) is 4. The van der Waals surface area contributed by atoms with E-state index in [2.05, 4.69) is 5.32 Å². The highest BCUT2D eigenvalue weighted by Crippen LogP contribution is 2.45. The minimum atomic E-state index is -3.43. The van der Waals surface area contributed by atoms with Crippen molar-refractivity contribution < 1.29 is 8.42 Å². The molecule has 1 N–H and O–H groups in total. The largest absolute Gasteiger partial charge is 0.354 e. The Morgan fingerprint density at radius 3 is 2.33 bits per heavy atom. The molecule has 0 amide bonds. The molecule has 4 nitrogen and oxygen atoms in total. The zero-order valence-corrected chi connectivity index (χ0v) is 13.8. The lowest BCUT2D eigenvalue weighted by Gasteiger charge is -2.22. The second-order valence-electron chi connectivity index (χ2n) is 4.81. The summed E-state index contributed by atoms with van der Waals surface area (Å²) in [4.78, 5) is 2.13. The van der Waals surface area contributed by atoms with Gasteiger partial charge >= 0.3 is 0 Å². The van der Waals surface area contributed by atoms with Gasteiger partial charge in [0.2, 0.25) is 10.0 Å². The van der Waals surface area contributed by atoms with Gasteiger partial charge in [0.1, 0.15) is 0 Å². The fourth-order valence-electron chi connectivity index (χ4n) is 2.01. The molecule has 0 bridgehead atoms. The molecule has 1 aliphatic heterocycles. The van der Waals surface area contributed by atoms with Crippen molar-refractivity contribution in [1.29, 1.82) is 0 Å². The molecule has 3 rings (SSSR count). The second-order valence-corrected chi connectivity index (χ2v) is 8.48. The number of rotatable bonds is 2. The van der Waals surface area contributed by atoms with Crippen LogP contribution in [0.15, 0.2) is 51.1 Å². The van der Waals surface area contributed by atoms with Gasteiger partial charge in [-0.2, -0.15) is 0 Å². The lowest BCUT2D eigenvalue weighted by atomic mass is 10.2. The summed E-state index contributed by atoms with van der Waals surface area (Å²) in [6.45, 7) is 0. The highest BCUT2D eigenvalue weighted by molar-refractivity contribution is 7.99. The van der Waals surface area contributed by atoms with E-state index in [1.54, 1.807) is 18.2 Å². The van der Waals surface area contributed by atoms with Crippen LogP contribution in [0.4, 0.5) is 11.4 Å². The van der Waals surface area contributed by atoms with Crippen molar-refractivity contribution in [2.45, 2.75) is 14.7 Å². The number of hydrogen-bond donors (Lipinski definition) is 1. The van der Waals surface area contributed by atoms with E-state index in [4.69, 9.17) is 11.6 Å². The van der Waals surface area contributed by atoms with Crippen LogP contribution in [0.1, 0.15) is 0 Å². The lowest BCUT2D eigenvalue weighted by Crippen LogP contribution is -2.22. The standard InChI is InChI=1S/C14H13ClN2O2S2/c1-17(2)21(18,19)10-4-6-12-14(8-10)20-13-7-9(15)3-5-11(13)16-12/h3-8,16H,1-2H3. The Balaban J connectivity index is 2.05. The third-order valence-corrected chi connectivity index (χ3v) is 6.33. The van der Waals surface area contributed by atoms with Gasteiger partial charge in [-0.15, -0.1) is 0 Å². The van der Waals surface area contributed by atoms with Crippen LogP contribution in [-0.2, 0) is 10.0 Å². The summed E-state index contributed by atoms with van der Waals surface area (Å²) < 4.78 is 25.6. The minimum absolute atomic E-state index is 0.283. The van der Waals surface area contributed by atoms with Crippen LogP contribution in [0.25, 0.3) is 0 Å². The SMILES string of the molecule is CN(C)S(=O)(=O)c1ccc2c(c1)Sc1cc(Cl)ccc1N2. The zero-order chi connectivity index (χ0) is 15.2. The molecule has 0 saturated heterocycles. The molecule has 0 unspecified atom stereocenters. The van der Waals surface area contributed by atoms with Gasteiger partial charge in [0.05, 0.1) is 16.3 Å². The minimum Gasteiger partial charge on any atom is -0.354 e. The van der Waals surface area contributed by atoms with Crippen LogP contribution in [0.3, 0.4) is 0 Å². The molecule has 0 fully saturated rings. The zero-order valence-electron chi connectivity index (χ0n) is 11.4. The van der Waals surface area contributed by atoms with E-state index in [0.717, 1.165) is 21.2 Å². The third-order valence-electron chi connectivity index (χ3n) is 3.16. The molecule has 1 heterocycles. The normalized spacial score (nSPS) is 13.5. The molecule has 0 saturated carbocycles. The Kier molecular flexibility index (Phi) is 3.65. The van der Waals surface area contributed by atoms with Crippen molar-refractivity contribution in [3.63, 3.8) is 0 Å². The molecule has 1 aliphatic rings. The summed E-state index contributed by atoms with van der Waals surface area (Å²) >= 11 is 7.51. The van der Waals surface area contributed by atoms with Crippen LogP contribution in [0.5, 0.6) is 0 Å². The molecule has 0 aromatic heterocycles. The molecule has 21 heavy (non-hydrogen) atoms. The van der Waals surface area contributed by atoms with Crippen LogP contribution in [-0.4, -0.2) is 26.8 Å². The van der Waals surface area contributed by atoms with Crippen LogP contribution in [0, 0.1) is 0 Å². The highest BCUT2D eigenvalue weighted by atomic mass is 35.5. The Hall–Kier alpha value is -1.21. The molecular weight excluding hydrogens is 328 g/mol. The molecule has 0 aliphatic carbocycles. The highest BCUT2D eigenvalue weighted by Gasteiger charge is 2.22. The van der Waals surface area contributed by atoms with Gasteiger partial charge in [-0.3, -0.25) is 0 Å². The van der Waals surface area contributed by atoms with Crippen LogP contribution >= 0.6 is 23.4 Å². The summed E-state index contributed by atoms with van der Waals surface area (Å²) in [6.07, 6.45) is 0. The van der Waals surface area contributed by atoms with E-state index in [1.807, 2.05) is 18.2 Å². The number of sulfonamides is 1. The summed E-state index contributed by atoms with van der Waals surface area (Å²) in [7, 11) is -0.384. The van der Waals surface area contributed by atoms with Crippen LogP contribution < -0.4 is 5.32 Å². The topological polar surface area (TPSA) is 49.4 Å². The molecule has 0 radical (unpaired) electrons. The molecular formula is C14H13ClN2O2S2. The van der Waals surface area contributed by atoms with Crippen molar-refractivity contribution in [2.75, 3.05) is 19.4 Å². The molecule has 0 atom stereocenters. The summed E-state index contributed by atoms with van der Waals surface area (Å²) in [6, 6.07) is 10.7. The predicted octanol–water partition coefficient (Wildman–Crippen LogP) is 3.80. The number of benzene rings is 2. The fraction of sp³-hybridized carbons (Fsp3) is 0.143. The second kappa shape index (κ2) is 5.21. The number of anilines is 2. The molecule has 2 aromatic carbocycles. The van der Waals surface area contributed by atoms with Gasteiger partial charge in [-0.1, -0.05) is 23.4 Å². The van der Waals surface area contributed by atoms with Crippen molar-refractivity contribution in [3.8, 4) is 0 Å². The van der Waals surface area contributed by atoms with E-state index < -0.39 is 10.0 Å². The average Bonchev–Trinajstić information content (AvgIpc) is 2.44. The first kappa shape index (κ1) is 14.7. The van der Waals surface area contributed by atoms with E-state index in [9.17, 15) is 8.42 Å². The number of nitrogens with one attached hydrogen (secondary N) is 1. The monoisotopic (exact) mass is 340 g/mol. The number of nitrogens with zero attached hydrogens (tertiary/aromatic N) is 1. The first-order valence-electron chi connectivity index (χ1n) is 6.19. The third kappa shape index (κ3) is 2.64. The molecule has 110 valence electrons. The maximum Gasteiger partial charge on any atom is 0.242 e. The maximum absolute atomic E-state index is 12.2. The van der Waals surface area contributed by atoms with Gasteiger partial charge in [-0.05, 0) is 36.4 Å². The lowest BCUT2D eigenvalue weighted by molar-refractivity contribution is 0.520. The predicted molar refractivity (Wildman–Crippen MR) is 86.2 cm³/mol. The van der Waals surface area contributed by atoms with Crippen molar-refractivity contribution in [3.05, 3.63) is 41.4 Å². The van der Waals surface area contributed by atoms with Gasteiger partial charge in [0.15, 0.2) is 0 Å². The van der Waals surface area contributed by atoms with Crippen molar-refractivity contribution >= 4 is 44.8 Å². The number of fused-ring (bicyclic) bond motifs is 2. The molecule has 7 heteroatoms. The van der Waals surface area contributed by atoms with Gasteiger partial charge in [0.25, 0.3) is 0 Å². The summed E-state index contributed by atoms with van der Waals surface area (Å²) in [5.41, 5.74) is 1.87. The first-order valence-corrected chi connectivity index (χ1v) is 8.82. The Morgan fingerprint density at radius 2 is 1.67 bits per heavy atom. The van der Waals surface area contributed by atoms with E-state index in [-0.39, 0.29) is 4.90 Å². The van der Waals surface area contributed by atoms with Crippen molar-refractivity contribution in [1.82, 2.24) is 4.31 Å². The maximum atomic E-state index is 12.2. The number of halogens is 1. The van der Waals surface area contributed by atoms with Gasteiger partial charge < -0.3 is 5.32 Å². The summed E-state index contributed by atoms with van der Waals surface area (Å²) in [5.74, 6) is 0. The van der Waals surface area contributed by atoms with Gasteiger partial charge in [-0.25, -0.2) is 12.7 Å². The quantitative estimate of drug-likeness (QED) is 0.771.